The molecule has 3 N–H and O–H groups in total. The lowest BCUT2D eigenvalue weighted by molar-refractivity contribution is -0.120. The molecule has 0 bridgehead atoms. The lowest BCUT2D eigenvalue weighted by atomic mass is 10.1. The number of hydrogen-bond donors (Lipinski definition) is 3. The Morgan fingerprint density at radius 3 is 2.77 bits per heavy atom. The van der Waals surface area contributed by atoms with Crippen LogP contribution in [0.25, 0.3) is 0 Å². The van der Waals surface area contributed by atoms with Crippen molar-refractivity contribution in [2.75, 3.05) is 19.6 Å². The molecule has 140 valence electrons. The first-order chi connectivity index (χ1) is 12.6. The van der Waals surface area contributed by atoms with E-state index in [-0.39, 0.29) is 18.1 Å². The molecule has 8 nitrogen and oxygen atoms in total. The van der Waals surface area contributed by atoms with Crippen molar-refractivity contribution in [2.24, 2.45) is 12.0 Å². The van der Waals surface area contributed by atoms with E-state index in [2.05, 4.69) is 31.0 Å². The van der Waals surface area contributed by atoms with Gasteiger partial charge < -0.3 is 16.0 Å². The summed E-state index contributed by atoms with van der Waals surface area (Å²) in [6.45, 7) is 4.04. The Kier molecular flexibility index (Phi) is 7.53. The topological polar surface area (TPSA) is 96.2 Å². The molecule has 2 rings (SSSR count). The van der Waals surface area contributed by atoms with Crippen molar-refractivity contribution in [3.63, 3.8) is 0 Å². The van der Waals surface area contributed by atoms with E-state index in [1.807, 2.05) is 14.0 Å². The second-order valence-electron chi connectivity index (χ2n) is 5.58. The Labute approximate surface area is 151 Å². The minimum atomic E-state index is -0.341. The van der Waals surface area contributed by atoms with Crippen LogP contribution in [0.15, 0.2) is 35.6 Å². The third-order valence-corrected chi connectivity index (χ3v) is 3.52. The van der Waals surface area contributed by atoms with Gasteiger partial charge in [-0.1, -0.05) is 12.1 Å². The summed E-state index contributed by atoms with van der Waals surface area (Å²) in [4.78, 5) is 20.4. The van der Waals surface area contributed by atoms with Crippen LogP contribution in [0.3, 0.4) is 0 Å². The summed E-state index contributed by atoms with van der Waals surface area (Å²) >= 11 is 0. The van der Waals surface area contributed by atoms with Crippen molar-refractivity contribution in [1.29, 1.82) is 0 Å². The first kappa shape index (κ1) is 19.4. The van der Waals surface area contributed by atoms with Crippen LogP contribution >= 0.6 is 0 Å². The van der Waals surface area contributed by atoms with E-state index in [0.29, 0.717) is 31.2 Å². The Morgan fingerprint density at radius 1 is 1.27 bits per heavy atom. The standard InChI is InChI=1S/C17H24FN7O/c1-3-19-17(22-11-15-23-12-24-25(15)2)21-8-7-20-16(26)10-13-5-4-6-14(18)9-13/h4-6,9,12H,3,7-8,10-11H2,1-2H3,(H,20,26)(H2,19,21,22). The molecule has 0 aliphatic heterocycles. The SMILES string of the molecule is CCNC(=NCc1ncnn1C)NCCNC(=O)Cc1cccc(F)c1. The summed E-state index contributed by atoms with van der Waals surface area (Å²) < 4.78 is 14.8. The molecule has 0 spiro atoms. The number of rotatable bonds is 8. The molecular formula is C17H24FN7O. The molecule has 2 aromatic rings. The van der Waals surface area contributed by atoms with Gasteiger partial charge in [0, 0.05) is 26.7 Å². The molecule has 0 unspecified atom stereocenters. The summed E-state index contributed by atoms with van der Waals surface area (Å²) in [5.41, 5.74) is 0.647. The number of nitrogens with one attached hydrogen (secondary N) is 3. The third kappa shape index (κ3) is 6.50. The number of carbonyl (C=O) groups excluding carboxylic acids is 1. The zero-order chi connectivity index (χ0) is 18.8. The first-order valence-corrected chi connectivity index (χ1v) is 8.44. The molecule has 1 aromatic heterocycles. The highest BCUT2D eigenvalue weighted by Crippen LogP contribution is 2.03. The van der Waals surface area contributed by atoms with E-state index in [4.69, 9.17) is 0 Å². The third-order valence-electron chi connectivity index (χ3n) is 3.52. The Bertz CT molecular complexity index is 744. The fourth-order valence-corrected chi connectivity index (χ4v) is 2.23. The Hall–Kier alpha value is -2.97. The van der Waals surface area contributed by atoms with Crippen LogP contribution < -0.4 is 16.0 Å². The molecule has 26 heavy (non-hydrogen) atoms. The van der Waals surface area contributed by atoms with Gasteiger partial charge in [0.25, 0.3) is 0 Å². The highest BCUT2D eigenvalue weighted by molar-refractivity contribution is 5.80. The van der Waals surface area contributed by atoms with E-state index in [9.17, 15) is 9.18 Å². The number of amides is 1. The van der Waals surface area contributed by atoms with Crippen molar-refractivity contribution in [3.05, 3.63) is 47.8 Å². The number of nitrogens with zero attached hydrogens (tertiary/aromatic N) is 4. The quantitative estimate of drug-likeness (QED) is 0.359. The van der Waals surface area contributed by atoms with E-state index < -0.39 is 0 Å². The summed E-state index contributed by atoms with van der Waals surface area (Å²) in [6, 6.07) is 6.03. The molecule has 0 atom stereocenters. The van der Waals surface area contributed by atoms with E-state index in [0.717, 1.165) is 12.4 Å². The van der Waals surface area contributed by atoms with Crippen LogP contribution in [0.5, 0.6) is 0 Å². The molecular weight excluding hydrogens is 337 g/mol. The lowest BCUT2D eigenvalue weighted by Gasteiger charge is -2.12. The second kappa shape index (κ2) is 10.1. The molecule has 1 amide bonds. The highest BCUT2D eigenvalue weighted by atomic mass is 19.1. The van der Waals surface area contributed by atoms with Crippen LogP contribution in [-0.2, 0) is 24.8 Å². The van der Waals surface area contributed by atoms with Crippen LogP contribution in [-0.4, -0.2) is 46.3 Å². The number of halogens is 1. The molecule has 1 heterocycles. The fraction of sp³-hybridized carbons (Fsp3) is 0.412. The molecule has 0 aliphatic carbocycles. The second-order valence-corrected chi connectivity index (χ2v) is 5.58. The molecule has 0 aliphatic rings. The van der Waals surface area contributed by atoms with Gasteiger partial charge in [-0.15, -0.1) is 0 Å². The molecule has 0 radical (unpaired) electrons. The number of carbonyl (C=O) groups is 1. The van der Waals surface area contributed by atoms with E-state index in [1.165, 1.54) is 18.5 Å². The van der Waals surface area contributed by atoms with Gasteiger partial charge in [-0.2, -0.15) is 5.10 Å². The summed E-state index contributed by atoms with van der Waals surface area (Å²) in [7, 11) is 1.81. The summed E-state index contributed by atoms with van der Waals surface area (Å²) in [5, 5.41) is 13.1. The monoisotopic (exact) mass is 361 g/mol. The largest absolute Gasteiger partial charge is 0.357 e. The predicted molar refractivity (Wildman–Crippen MR) is 96.9 cm³/mol. The number of aromatic nitrogens is 3. The van der Waals surface area contributed by atoms with Gasteiger partial charge in [-0.3, -0.25) is 9.48 Å². The zero-order valence-electron chi connectivity index (χ0n) is 15.0. The van der Waals surface area contributed by atoms with Crippen molar-refractivity contribution >= 4 is 11.9 Å². The van der Waals surface area contributed by atoms with Crippen molar-refractivity contribution in [3.8, 4) is 0 Å². The summed E-state index contributed by atoms with van der Waals surface area (Å²) in [5.74, 6) is 0.894. The van der Waals surface area contributed by atoms with E-state index in [1.54, 1.807) is 16.8 Å². The Balaban J connectivity index is 1.73. The van der Waals surface area contributed by atoms with Gasteiger partial charge in [0.2, 0.25) is 5.91 Å². The van der Waals surface area contributed by atoms with Gasteiger partial charge in [0.05, 0.1) is 6.42 Å². The molecule has 9 heteroatoms. The maximum atomic E-state index is 13.1. The molecule has 0 fully saturated rings. The smallest absolute Gasteiger partial charge is 0.224 e. The molecule has 1 aromatic carbocycles. The lowest BCUT2D eigenvalue weighted by Crippen LogP contribution is -2.41. The van der Waals surface area contributed by atoms with Gasteiger partial charge in [0.15, 0.2) is 5.96 Å². The van der Waals surface area contributed by atoms with Gasteiger partial charge in [-0.25, -0.2) is 14.4 Å². The number of hydrogen-bond acceptors (Lipinski definition) is 4. The number of guanidine groups is 1. The Morgan fingerprint density at radius 2 is 2.08 bits per heavy atom. The van der Waals surface area contributed by atoms with Crippen LogP contribution in [0.4, 0.5) is 4.39 Å². The average molecular weight is 361 g/mol. The number of aryl methyl sites for hydroxylation is 1. The highest BCUT2D eigenvalue weighted by Gasteiger charge is 2.05. The predicted octanol–water partition coefficient (Wildman–Crippen LogP) is 0.368. The maximum absolute atomic E-state index is 13.1. The van der Waals surface area contributed by atoms with Crippen molar-refractivity contribution in [2.45, 2.75) is 19.9 Å². The van der Waals surface area contributed by atoms with Crippen LogP contribution in [0.2, 0.25) is 0 Å². The molecule has 0 saturated heterocycles. The van der Waals surface area contributed by atoms with Crippen LogP contribution in [0.1, 0.15) is 18.3 Å². The molecule has 0 saturated carbocycles. The average Bonchev–Trinajstić information content (AvgIpc) is 3.01. The maximum Gasteiger partial charge on any atom is 0.224 e. The number of aliphatic imine (C=N–C) groups is 1. The minimum Gasteiger partial charge on any atom is -0.357 e. The fourth-order valence-electron chi connectivity index (χ4n) is 2.23. The normalized spacial score (nSPS) is 11.3. The van der Waals surface area contributed by atoms with Crippen molar-refractivity contribution in [1.82, 2.24) is 30.7 Å². The van der Waals surface area contributed by atoms with E-state index >= 15 is 0 Å². The summed E-state index contributed by atoms with van der Waals surface area (Å²) in [6.07, 6.45) is 1.64. The number of benzene rings is 1. The zero-order valence-corrected chi connectivity index (χ0v) is 15.0. The van der Waals surface area contributed by atoms with Crippen molar-refractivity contribution < 1.29 is 9.18 Å². The van der Waals surface area contributed by atoms with Gasteiger partial charge >= 0.3 is 0 Å². The van der Waals surface area contributed by atoms with Crippen LogP contribution in [0, 0.1) is 5.82 Å². The first-order valence-electron chi connectivity index (χ1n) is 8.44. The van der Waals surface area contributed by atoms with Gasteiger partial charge in [0.1, 0.15) is 24.5 Å². The minimum absolute atomic E-state index is 0.151. The van der Waals surface area contributed by atoms with Gasteiger partial charge in [-0.05, 0) is 24.6 Å².